The molecule has 0 N–H and O–H groups in total. The summed E-state index contributed by atoms with van der Waals surface area (Å²) < 4.78 is 10.5. The van der Waals surface area contributed by atoms with Crippen molar-refractivity contribution in [3.63, 3.8) is 0 Å². The molecule has 2 unspecified atom stereocenters. The lowest BCUT2D eigenvalue weighted by Gasteiger charge is -2.41. The molecular weight excluding hydrogens is 248 g/mol. The monoisotopic (exact) mass is 264 g/mol. The van der Waals surface area contributed by atoms with Crippen molar-refractivity contribution in [2.24, 2.45) is 17.8 Å². The van der Waals surface area contributed by atoms with Gasteiger partial charge in [-0.2, -0.15) is 0 Å². The molecule has 0 amide bonds. The third kappa shape index (κ3) is 2.48. The van der Waals surface area contributed by atoms with Gasteiger partial charge in [0.1, 0.15) is 11.6 Å². The summed E-state index contributed by atoms with van der Waals surface area (Å²) in [7, 11) is 0. The van der Waals surface area contributed by atoms with Crippen LogP contribution in [0, 0.1) is 17.8 Å². The minimum atomic E-state index is 0.00998. The molecule has 1 aliphatic heterocycles. The van der Waals surface area contributed by atoms with Crippen molar-refractivity contribution in [3.05, 3.63) is 0 Å². The Balaban J connectivity index is 2.55. The summed E-state index contributed by atoms with van der Waals surface area (Å²) in [6, 6.07) is 0. The Kier molecular flexibility index (Phi) is 4.38. The smallest absolute Gasteiger partial charge is 0.293 e. The Morgan fingerprint density at radius 3 is 2.50 bits per heavy atom. The minimum absolute atomic E-state index is 0.00998. The van der Waals surface area contributed by atoms with E-state index in [1.807, 2.05) is 0 Å². The molecule has 0 radical (unpaired) electrons. The van der Waals surface area contributed by atoms with Gasteiger partial charge in [-0.25, -0.2) is 0 Å². The highest BCUT2D eigenvalue weighted by Gasteiger charge is 2.37. The Bertz CT molecular complexity index is 198. The van der Waals surface area contributed by atoms with E-state index in [2.05, 4.69) is 36.7 Å². The Morgan fingerprint density at radius 2 is 1.93 bits per heavy atom. The lowest BCUT2D eigenvalue weighted by Crippen LogP contribution is -2.44. The number of carbonyl (C=O) groups is 1. The highest BCUT2D eigenvalue weighted by molar-refractivity contribution is 9.09. The zero-order valence-electron chi connectivity index (χ0n) is 8.77. The maximum Gasteiger partial charge on any atom is 0.293 e. The van der Waals surface area contributed by atoms with Crippen molar-refractivity contribution in [1.82, 2.24) is 0 Å². The van der Waals surface area contributed by atoms with Crippen molar-refractivity contribution in [3.8, 4) is 0 Å². The third-order valence-corrected chi connectivity index (χ3v) is 4.34. The van der Waals surface area contributed by atoms with Gasteiger partial charge >= 0.3 is 0 Å². The summed E-state index contributed by atoms with van der Waals surface area (Å²) in [4.78, 5) is 10.1. The normalized spacial score (nSPS) is 43.3. The quantitative estimate of drug-likeness (QED) is 0.579. The highest BCUT2D eigenvalue weighted by atomic mass is 79.9. The first kappa shape index (κ1) is 12.0. The van der Waals surface area contributed by atoms with Gasteiger partial charge < -0.3 is 9.47 Å². The van der Waals surface area contributed by atoms with Gasteiger partial charge in [0.2, 0.25) is 0 Å². The molecule has 1 rings (SSSR count). The fourth-order valence-electron chi connectivity index (χ4n) is 1.80. The number of hydrogen-bond acceptors (Lipinski definition) is 3. The SMILES string of the molecule is CC1[C@H](Br)OC(COC=O)[C@@H](C)[C@@H]1C. The summed E-state index contributed by atoms with van der Waals surface area (Å²) in [6.45, 7) is 7.34. The molecule has 0 saturated carbocycles. The first-order chi connectivity index (χ1) is 6.57. The van der Waals surface area contributed by atoms with E-state index in [0.717, 1.165) is 0 Å². The predicted octanol–water partition coefficient (Wildman–Crippen LogP) is 2.19. The standard InChI is InChI=1S/C10H17BrO3/c1-6-7(2)9(4-13-5-12)14-10(11)8(6)3/h5-10H,4H2,1-3H3/t6-,7-,8?,9?,10+/m0/s1. The maximum absolute atomic E-state index is 10.1. The molecular formula is C10H17BrO3. The fraction of sp³-hybridized carbons (Fsp3) is 0.900. The number of hydrogen-bond donors (Lipinski definition) is 0. The van der Waals surface area contributed by atoms with E-state index in [1.165, 1.54) is 0 Å². The van der Waals surface area contributed by atoms with E-state index in [1.54, 1.807) is 0 Å². The van der Waals surface area contributed by atoms with Crippen LogP contribution in [0.15, 0.2) is 0 Å². The number of carbonyl (C=O) groups excluding carboxylic acids is 1. The van der Waals surface area contributed by atoms with E-state index >= 15 is 0 Å². The second-order valence-corrected chi connectivity index (χ2v) is 4.94. The van der Waals surface area contributed by atoms with Crippen molar-refractivity contribution < 1.29 is 14.3 Å². The summed E-state index contributed by atoms with van der Waals surface area (Å²) in [5.74, 6) is 1.46. The van der Waals surface area contributed by atoms with Crippen LogP contribution in [0.5, 0.6) is 0 Å². The molecule has 14 heavy (non-hydrogen) atoms. The molecule has 1 fully saturated rings. The molecule has 0 bridgehead atoms. The lowest BCUT2D eigenvalue weighted by atomic mass is 9.80. The molecule has 0 aromatic heterocycles. The van der Waals surface area contributed by atoms with Gasteiger partial charge in [0.25, 0.3) is 6.47 Å². The van der Waals surface area contributed by atoms with Crippen LogP contribution in [0.1, 0.15) is 20.8 Å². The van der Waals surface area contributed by atoms with Crippen molar-refractivity contribution in [2.75, 3.05) is 6.61 Å². The second-order valence-electron chi connectivity index (χ2n) is 4.03. The van der Waals surface area contributed by atoms with Crippen LogP contribution in [0.2, 0.25) is 0 Å². The van der Waals surface area contributed by atoms with Gasteiger partial charge in [-0.1, -0.05) is 36.7 Å². The van der Waals surface area contributed by atoms with Crippen LogP contribution in [0.4, 0.5) is 0 Å². The molecule has 4 heteroatoms. The zero-order chi connectivity index (χ0) is 10.7. The van der Waals surface area contributed by atoms with Gasteiger partial charge in [-0.3, -0.25) is 4.79 Å². The van der Waals surface area contributed by atoms with Crippen molar-refractivity contribution in [2.45, 2.75) is 31.9 Å². The van der Waals surface area contributed by atoms with Crippen LogP contribution >= 0.6 is 15.9 Å². The van der Waals surface area contributed by atoms with Crippen LogP contribution in [0.3, 0.4) is 0 Å². The molecule has 3 nitrogen and oxygen atoms in total. The third-order valence-electron chi connectivity index (χ3n) is 3.29. The molecule has 82 valence electrons. The van der Waals surface area contributed by atoms with Gasteiger partial charge in [0.05, 0.1) is 6.10 Å². The predicted molar refractivity (Wildman–Crippen MR) is 57.1 cm³/mol. The molecule has 1 aliphatic rings. The molecule has 1 saturated heterocycles. The van der Waals surface area contributed by atoms with Crippen molar-refractivity contribution >= 4 is 22.4 Å². The van der Waals surface area contributed by atoms with Crippen LogP contribution < -0.4 is 0 Å². The Labute approximate surface area is 93.3 Å². The average Bonchev–Trinajstić information content (AvgIpc) is 2.18. The molecule has 0 spiro atoms. The summed E-state index contributed by atoms with van der Waals surface area (Å²) in [6.07, 6.45) is 0.00998. The number of alkyl halides is 1. The largest absolute Gasteiger partial charge is 0.465 e. The fourth-order valence-corrected chi connectivity index (χ4v) is 2.55. The number of rotatable bonds is 3. The molecule has 0 aliphatic carbocycles. The lowest BCUT2D eigenvalue weighted by molar-refractivity contribution is -0.145. The average molecular weight is 265 g/mol. The highest BCUT2D eigenvalue weighted by Crippen LogP contribution is 2.37. The molecule has 0 aromatic rings. The Morgan fingerprint density at radius 1 is 1.29 bits per heavy atom. The van der Waals surface area contributed by atoms with E-state index in [0.29, 0.717) is 30.8 Å². The summed E-state index contributed by atoms with van der Waals surface area (Å²) in [5.41, 5.74) is 0. The van der Waals surface area contributed by atoms with Crippen LogP contribution in [-0.4, -0.2) is 24.2 Å². The molecule has 5 atom stereocenters. The van der Waals surface area contributed by atoms with Gasteiger partial charge in [0.15, 0.2) is 0 Å². The second kappa shape index (κ2) is 5.12. The first-order valence-corrected chi connectivity index (χ1v) is 5.84. The number of ether oxygens (including phenoxy) is 2. The molecule has 0 aromatic carbocycles. The van der Waals surface area contributed by atoms with E-state index in [4.69, 9.17) is 9.47 Å². The van der Waals surface area contributed by atoms with Gasteiger partial charge in [-0.15, -0.1) is 0 Å². The van der Waals surface area contributed by atoms with E-state index < -0.39 is 0 Å². The van der Waals surface area contributed by atoms with E-state index in [9.17, 15) is 4.79 Å². The minimum Gasteiger partial charge on any atom is -0.465 e. The maximum atomic E-state index is 10.1. The van der Waals surface area contributed by atoms with Crippen molar-refractivity contribution in [1.29, 1.82) is 0 Å². The topological polar surface area (TPSA) is 35.5 Å². The van der Waals surface area contributed by atoms with Gasteiger partial charge in [-0.05, 0) is 17.8 Å². The van der Waals surface area contributed by atoms with Crippen LogP contribution in [0.25, 0.3) is 0 Å². The first-order valence-electron chi connectivity index (χ1n) is 4.92. The number of halogens is 1. The Hall–Kier alpha value is -0.0900. The molecule has 1 heterocycles. The van der Waals surface area contributed by atoms with Gasteiger partial charge in [0, 0.05) is 0 Å². The zero-order valence-corrected chi connectivity index (χ0v) is 10.4. The summed E-state index contributed by atoms with van der Waals surface area (Å²) in [5, 5.41) is 0.0638. The summed E-state index contributed by atoms with van der Waals surface area (Å²) >= 11 is 3.49. The van der Waals surface area contributed by atoms with Crippen LogP contribution in [-0.2, 0) is 14.3 Å². The van der Waals surface area contributed by atoms with E-state index in [-0.39, 0.29) is 11.1 Å².